The SMILES string of the molecule is CC(=O)N(CCNS(=O)(=O)c1ccc(C)cc1C)c1ccccc1F. The summed E-state index contributed by atoms with van der Waals surface area (Å²) in [5.41, 5.74) is 1.74. The molecule has 0 saturated heterocycles. The molecule has 5 nitrogen and oxygen atoms in total. The van der Waals surface area contributed by atoms with Crippen LogP contribution in [0.5, 0.6) is 0 Å². The zero-order valence-electron chi connectivity index (χ0n) is 14.4. The highest BCUT2D eigenvalue weighted by Gasteiger charge is 2.19. The van der Waals surface area contributed by atoms with Gasteiger partial charge in [-0.25, -0.2) is 17.5 Å². The molecule has 2 aromatic rings. The third kappa shape index (κ3) is 4.64. The van der Waals surface area contributed by atoms with Crippen LogP contribution in [0.15, 0.2) is 47.4 Å². The van der Waals surface area contributed by atoms with Crippen LogP contribution in [0.25, 0.3) is 0 Å². The smallest absolute Gasteiger partial charge is 0.240 e. The molecule has 25 heavy (non-hydrogen) atoms. The number of hydrogen-bond donors (Lipinski definition) is 1. The first kappa shape index (κ1) is 19.1. The molecule has 0 heterocycles. The monoisotopic (exact) mass is 364 g/mol. The summed E-state index contributed by atoms with van der Waals surface area (Å²) in [6.07, 6.45) is 0. The summed E-state index contributed by atoms with van der Waals surface area (Å²) >= 11 is 0. The van der Waals surface area contributed by atoms with E-state index in [9.17, 15) is 17.6 Å². The van der Waals surface area contributed by atoms with Gasteiger partial charge in [-0.1, -0.05) is 29.8 Å². The molecule has 7 heteroatoms. The van der Waals surface area contributed by atoms with Crippen molar-refractivity contribution in [3.63, 3.8) is 0 Å². The molecular formula is C18H21FN2O3S. The molecule has 0 radical (unpaired) electrons. The van der Waals surface area contributed by atoms with Crippen molar-refractivity contribution in [3.05, 3.63) is 59.4 Å². The van der Waals surface area contributed by atoms with Gasteiger partial charge < -0.3 is 4.90 Å². The highest BCUT2D eigenvalue weighted by molar-refractivity contribution is 7.89. The molecule has 0 aromatic heterocycles. The zero-order valence-corrected chi connectivity index (χ0v) is 15.2. The van der Waals surface area contributed by atoms with E-state index in [4.69, 9.17) is 0 Å². The van der Waals surface area contributed by atoms with Crippen LogP contribution in [0.2, 0.25) is 0 Å². The van der Waals surface area contributed by atoms with Crippen molar-refractivity contribution in [2.75, 3.05) is 18.0 Å². The second kappa shape index (κ2) is 7.76. The number of sulfonamides is 1. The lowest BCUT2D eigenvalue weighted by atomic mass is 10.2. The van der Waals surface area contributed by atoms with Gasteiger partial charge in [0.2, 0.25) is 15.9 Å². The number of amides is 1. The quantitative estimate of drug-likeness (QED) is 0.857. The van der Waals surface area contributed by atoms with E-state index in [1.54, 1.807) is 31.2 Å². The van der Waals surface area contributed by atoms with Gasteiger partial charge in [-0.3, -0.25) is 4.79 Å². The molecule has 0 atom stereocenters. The van der Waals surface area contributed by atoms with Crippen LogP contribution >= 0.6 is 0 Å². The first-order valence-corrected chi connectivity index (χ1v) is 9.30. The van der Waals surface area contributed by atoms with Crippen LogP contribution in [0.1, 0.15) is 18.1 Å². The Morgan fingerprint density at radius 3 is 2.44 bits per heavy atom. The van der Waals surface area contributed by atoms with E-state index < -0.39 is 15.8 Å². The predicted octanol–water partition coefficient (Wildman–Crippen LogP) is 2.77. The molecule has 0 aliphatic carbocycles. The summed E-state index contributed by atoms with van der Waals surface area (Å²) < 4.78 is 41.2. The van der Waals surface area contributed by atoms with Gasteiger partial charge in [-0.2, -0.15) is 0 Å². The molecule has 0 unspecified atom stereocenters. The first-order valence-electron chi connectivity index (χ1n) is 7.82. The lowest BCUT2D eigenvalue weighted by molar-refractivity contribution is -0.116. The normalized spacial score (nSPS) is 11.4. The third-order valence-electron chi connectivity index (χ3n) is 3.77. The van der Waals surface area contributed by atoms with Crippen LogP contribution in [-0.2, 0) is 14.8 Å². The molecule has 134 valence electrons. The maximum atomic E-state index is 13.9. The van der Waals surface area contributed by atoms with E-state index in [0.717, 1.165) is 5.56 Å². The molecule has 0 bridgehead atoms. The van der Waals surface area contributed by atoms with E-state index in [0.29, 0.717) is 5.56 Å². The number of nitrogens with zero attached hydrogens (tertiary/aromatic N) is 1. The zero-order chi connectivity index (χ0) is 18.6. The first-order chi connectivity index (χ1) is 11.7. The molecule has 2 rings (SSSR count). The fourth-order valence-corrected chi connectivity index (χ4v) is 3.83. The number of rotatable bonds is 6. The highest BCUT2D eigenvalue weighted by atomic mass is 32.2. The molecule has 0 fully saturated rings. The van der Waals surface area contributed by atoms with Gasteiger partial charge in [0.1, 0.15) is 5.82 Å². The van der Waals surface area contributed by atoms with E-state index in [1.807, 2.05) is 6.92 Å². The van der Waals surface area contributed by atoms with Gasteiger partial charge in [-0.15, -0.1) is 0 Å². The molecule has 0 spiro atoms. The van der Waals surface area contributed by atoms with Gasteiger partial charge in [0.15, 0.2) is 0 Å². The standard InChI is InChI=1S/C18H21FN2O3S/c1-13-8-9-18(14(2)12-13)25(23,24)20-10-11-21(15(3)22)17-7-5-4-6-16(17)19/h4-9,12,20H,10-11H2,1-3H3. The van der Waals surface area contributed by atoms with Gasteiger partial charge in [-0.05, 0) is 37.6 Å². The average Bonchev–Trinajstić information content (AvgIpc) is 2.52. The Morgan fingerprint density at radius 2 is 1.84 bits per heavy atom. The predicted molar refractivity (Wildman–Crippen MR) is 95.5 cm³/mol. The van der Waals surface area contributed by atoms with Crippen LogP contribution < -0.4 is 9.62 Å². The maximum absolute atomic E-state index is 13.9. The van der Waals surface area contributed by atoms with E-state index in [1.165, 1.54) is 30.0 Å². The fraction of sp³-hybridized carbons (Fsp3) is 0.278. The topological polar surface area (TPSA) is 66.5 Å². The number of benzene rings is 2. The average molecular weight is 364 g/mol. The third-order valence-corrected chi connectivity index (χ3v) is 5.39. The summed E-state index contributed by atoms with van der Waals surface area (Å²) in [4.78, 5) is 13.2. The number of para-hydroxylation sites is 1. The highest BCUT2D eigenvalue weighted by Crippen LogP contribution is 2.19. The minimum absolute atomic E-state index is 0.0242. The van der Waals surface area contributed by atoms with Gasteiger partial charge in [0, 0.05) is 20.0 Å². The van der Waals surface area contributed by atoms with E-state index in [-0.39, 0.29) is 29.6 Å². The van der Waals surface area contributed by atoms with E-state index in [2.05, 4.69) is 4.72 Å². The van der Waals surface area contributed by atoms with Crippen LogP contribution in [0, 0.1) is 19.7 Å². The second-order valence-corrected chi connectivity index (χ2v) is 7.52. The molecule has 1 N–H and O–H groups in total. The Balaban J connectivity index is 2.12. The van der Waals surface area contributed by atoms with E-state index >= 15 is 0 Å². The maximum Gasteiger partial charge on any atom is 0.240 e. The van der Waals surface area contributed by atoms with Crippen molar-refractivity contribution in [2.24, 2.45) is 0 Å². The Kier molecular flexibility index (Phi) is 5.92. The van der Waals surface area contributed by atoms with Crippen LogP contribution in [0.3, 0.4) is 0 Å². The number of nitrogens with one attached hydrogen (secondary N) is 1. The van der Waals surface area contributed by atoms with Crippen molar-refractivity contribution in [2.45, 2.75) is 25.7 Å². The molecular weight excluding hydrogens is 343 g/mol. The second-order valence-electron chi connectivity index (χ2n) is 5.79. The minimum Gasteiger partial charge on any atom is -0.309 e. The number of halogens is 1. The van der Waals surface area contributed by atoms with Crippen LogP contribution in [0.4, 0.5) is 10.1 Å². The number of carbonyl (C=O) groups excluding carboxylic acids is 1. The van der Waals surface area contributed by atoms with Crippen molar-refractivity contribution >= 4 is 21.6 Å². The number of aryl methyl sites for hydroxylation is 2. The van der Waals surface area contributed by atoms with Gasteiger partial charge in [0.25, 0.3) is 0 Å². The molecule has 1 amide bonds. The summed E-state index contributed by atoms with van der Waals surface area (Å²) in [5, 5.41) is 0. The van der Waals surface area contributed by atoms with Crippen LogP contribution in [-0.4, -0.2) is 27.4 Å². The molecule has 0 aliphatic heterocycles. The largest absolute Gasteiger partial charge is 0.309 e. The Hall–Kier alpha value is -2.25. The van der Waals surface area contributed by atoms with Crippen molar-refractivity contribution in [1.82, 2.24) is 4.72 Å². The van der Waals surface area contributed by atoms with Gasteiger partial charge in [0.05, 0.1) is 10.6 Å². The summed E-state index contributed by atoms with van der Waals surface area (Å²) in [5.74, 6) is -0.897. The number of carbonyl (C=O) groups is 1. The van der Waals surface area contributed by atoms with Crippen molar-refractivity contribution in [1.29, 1.82) is 0 Å². The lowest BCUT2D eigenvalue weighted by Gasteiger charge is -2.22. The minimum atomic E-state index is -3.70. The molecule has 0 saturated carbocycles. The number of anilines is 1. The van der Waals surface area contributed by atoms with Crippen molar-refractivity contribution in [3.8, 4) is 0 Å². The number of hydrogen-bond acceptors (Lipinski definition) is 3. The summed E-state index contributed by atoms with van der Waals surface area (Å²) in [6, 6.07) is 10.9. The Morgan fingerprint density at radius 1 is 1.16 bits per heavy atom. The summed E-state index contributed by atoms with van der Waals surface area (Å²) in [6.45, 7) is 4.92. The molecule has 0 aliphatic rings. The summed E-state index contributed by atoms with van der Waals surface area (Å²) in [7, 11) is -3.70. The molecule has 2 aromatic carbocycles. The lowest BCUT2D eigenvalue weighted by Crippen LogP contribution is -2.38. The van der Waals surface area contributed by atoms with Crippen molar-refractivity contribution < 1.29 is 17.6 Å². The Bertz CT molecular complexity index is 882. The van der Waals surface area contributed by atoms with Gasteiger partial charge >= 0.3 is 0 Å². The Labute approximate surface area is 147 Å². The fourth-order valence-electron chi connectivity index (χ4n) is 2.59.